The van der Waals surface area contributed by atoms with Gasteiger partial charge >= 0.3 is 0 Å². The second-order valence-electron chi connectivity index (χ2n) is 3.61. The summed E-state index contributed by atoms with van der Waals surface area (Å²) in [5, 5.41) is 7.31. The van der Waals surface area contributed by atoms with Crippen LogP contribution in [0.1, 0.15) is 6.92 Å². The molecule has 0 bridgehead atoms. The normalized spacial score (nSPS) is 12.4. The van der Waals surface area contributed by atoms with Crippen LogP contribution in [-0.4, -0.2) is 43.2 Å². The first-order valence-corrected chi connectivity index (χ1v) is 5.55. The number of ether oxygens (including phenoxy) is 2. The Morgan fingerprint density at radius 2 is 2.24 bits per heavy atom. The summed E-state index contributed by atoms with van der Waals surface area (Å²) in [7, 11) is 3.15. The van der Waals surface area contributed by atoms with Crippen molar-refractivity contribution in [2.75, 3.05) is 27.4 Å². The first-order valence-electron chi connectivity index (χ1n) is 5.55. The second kappa shape index (κ2) is 7.03. The van der Waals surface area contributed by atoms with Gasteiger partial charge in [0.1, 0.15) is 0 Å². The minimum atomic E-state index is -0.148. The van der Waals surface area contributed by atoms with Crippen molar-refractivity contribution in [3.8, 4) is 5.88 Å². The van der Waals surface area contributed by atoms with Crippen LogP contribution in [0.4, 0.5) is 0 Å². The van der Waals surface area contributed by atoms with Crippen LogP contribution in [-0.2, 0) is 11.3 Å². The second-order valence-corrected chi connectivity index (χ2v) is 3.61. The lowest BCUT2D eigenvalue weighted by Crippen LogP contribution is -2.40. The van der Waals surface area contributed by atoms with Gasteiger partial charge in [0, 0.05) is 19.2 Å². The summed E-state index contributed by atoms with van der Waals surface area (Å²) in [6.45, 7) is 3.80. The number of nitrogens with one attached hydrogen (secondary N) is 1. The molecule has 0 aliphatic rings. The number of hydrogen-bond donors (Lipinski definition) is 1. The minimum Gasteiger partial charge on any atom is -0.480 e. The molecule has 0 spiro atoms. The number of nitrogens with zero attached hydrogens (tertiary/aromatic N) is 2. The highest BCUT2D eigenvalue weighted by Crippen LogP contribution is 2.00. The molecule has 0 saturated heterocycles. The van der Waals surface area contributed by atoms with Crippen molar-refractivity contribution in [2.45, 2.75) is 19.5 Å². The zero-order valence-corrected chi connectivity index (χ0v) is 10.5. The summed E-state index contributed by atoms with van der Waals surface area (Å²) in [6, 6.07) is 3.06. The molecule has 1 aromatic heterocycles. The van der Waals surface area contributed by atoms with E-state index < -0.39 is 0 Å². The molecule has 6 nitrogen and oxygen atoms in total. The maximum atomic E-state index is 11.6. The first kappa shape index (κ1) is 13.7. The van der Waals surface area contributed by atoms with Gasteiger partial charge in [-0.15, -0.1) is 5.10 Å². The fraction of sp³-hybridized carbons (Fsp3) is 0.636. The highest BCUT2D eigenvalue weighted by atomic mass is 16.5. The van der Waals surface area contributed by atoms with E-state index in [0.717, 1.165) is 6.54 Å². The molecule has 96 valence electrons. The van der Waals surface area contributed by atoms with Crippen molar-refractivity contribution in [1.29, 1.82) is 0 Å². The first-order chi connectivity index (χ1) is 8.21. The number of methoxy groups -OCH3 is 2. The Labute approximate surface area is 101 Å². The lowest BCUT2D eigenvalue weighted by molar-refractivity contribution is 0.156. The van der Waals surface area contributed by atoms with Crippen LogP contribution in [0.15, 0.2) is 16.9 Å². The summed E-state index contributed by atoms with van der Waals surface area (Å²) in [4.78, 5) is 11.6. The summed E-state index contributed by atoms with van der Waals surface area (Å²) in [6.07, 6.45) is 0. The molecule has 6 heteroatoms. The van der Waals surface area contributed by atoms with E-state index in [9.17, 15) is 4.79 Å². The standard InChI is InChI=1S/C11H19N3O3/c1-4-12-9(8-16-2)7-14-11(15)6-5-10(13-14)17-3/h5-6,9,12H,4,7-8H2,1-3H3. The molecule has 0 radical (unpaired) electrons. The SMILES string of the molecule is CCNC(COC)Cn1nc(OC)ccc1=O. The Morgan fingerprint density at radius 1 is 1.47 bits per heavy atom. The van der Waals surface area contributed by atoms with Crippen molar-refractivity contribution in [1.82, 2.24) is 15.1 Å². The van der Waals surface area contributed by atoms with E-state index in [1.54, 1.807) is 13.2 Å². The highest BCUT2D eigenvalue weighted by Gasteiger charge is 2.10. The van der Waals surface area contributed by atoms with E-state index in [1.165, 1.54) is 17.9 Å². The van der Waals surface area contributed by atoms with Crippen LogP contribution in [0.25, 0.3) is 0 Å². The molecule has 1 N–H and O–H groups in total. The molecule has 17 heavy (non-hydrogen) atoms. The van der Waals surface area contributed by atoms with Crippen LogP contribution in [0.2, 0.25) is 0 Å². The van der Waals surface area contributed by atoms with E-state index in [-0.39, 0.29) is 11.6 Å². The van der Waals surface area contributed by atoms with Crippen LogP contribution < -0.4 is 15.6 Å². The van der Waals surface area contributed by atoms with Gasteiger partial charge < -0.3 is 14.8 Å². The molecule has 0 amide bonds. The summed E-state index contributed by atoms with van der Waals surface area (Å²) in [5.41, 5.74) is -0.148. The summed E-state index contributed by atoms with van der Waals surface area (Å²) < 4.78 is 11.5. The predicted octanol–water partition coefficient (Wildman–Crippen LogP) is -0.124. The highest BCUT2D eigenvalue weighted by molar-refractivity contribution is 5.06. The van der Waals surface area contributed by atoms with Gasteiger partial charge in [-0.25, -0.2) is 4.68 Å². The molecule has 1 heterocycles. The van der Waals surface area contributed by atoms with Crippen LogP contribution in [0.5, 0.6) is 5.88 Å². The van der Waals surface area contributed by atoms with Gasteiger partial charge in [0.15, 0.2) is 0 Å². The largest absolute Gasteiger partial charge is 0.480 e. The minimum absolute atomic E-state index is 0.0577. The van der Waals surface area contributed by atoms with Gasteiger partial charge in [-0.05, 0) is 6.54 Å². The van der Waals surface area contributed by atoms with E-state index >= 15 is 0 Å². The van der Waals surface area contributed by atoms with Crippen molar-refractivity contribution >= 4 is 0 Å². The Kier molecular flexibility index (Phi) is 5.65. The van der Waals surface area contributed by atoms with E-state index in [4.69, 9.17) is 9.47 Å². The molecule has 1 aromatic rings. The molecular weight excluding hydrogens is 222 g/mol. The lowest BCUT2D eigenvalue weighted by Gasteiger charge is -2.17. The van der Waals surface area contributed by atoms with Crippen molar-refractivity contribution < 1.29 is 9.47 Å². The Bertz CT molecular complexity index is 386. The maximum absolute atomic E-state index is 11.6. The van der Waals surface area contributed by atoms with Crippen molar-refractivity contribution in [2.24, 2.45) is 0 Å². The van der Waals surface area contributed by atoms with Gasteiger partial charge in [-0.1, -0.05) is 6.92 Å². The molecule has 1 unspecified atom stereocenters. The van der Waals surface area contributed by atoms with Gasteiger partial charge in [0.25, 0.3) is 5.56 Å². The zero-order valence-electron chi connectivity index (χ0n) is 10.5. The molecular formula is C11H19N3O3. The van der Waals surface area contributed by atoms with Crippen LogP contribution >= 0.6 is 0 Å². The molecule has 1 rings (SSSR count). The zero-order chi connectivity index (χ0) is 12.7. The number of aromatic nitrogens is 2. The molecule has 0 aliphatic heterocycles. The fourth-order valence-corrected chi connectivity index (χ4v) is 1.54. The van der Waals surface area contributed by atoms with E-state index in [0.29, 0.717) is 19.0 Å². The summed E-state index contributed by atoms with van der Waals surface area (Å²) in [5.74, 6) is 0.428. The van der Waals surface area contributed by atoms with Crippen LogP contribution in [0, 0.1) is 0 Å². The average molecular weight is 241 g/mol. The Morgan fingerprint density at radius 3 is 2.82 bits per heavy atom. The number of rotatable bonds is 7. The molecule has 0 fully saturated rings. The van der Waals surface area contributed by atoms with Gasteiger partial charge in [-0.3, -0.25) is 4.79 Å². The lowest BCUT2D eigenvalue weighted by atomic mass is 10.3. The topological polar surface area (TPSA) is 65.4 Å². The number of likely N-dealkylation sites (N-methyl/N-ethyl adjacent to an activating group) is 1. The maximum Gasteiger partial charge on any atom is 0.267 e. The molecule has 0 aliphatic carbocycles. The molecule has 0 saturated carbocycles. The van der Waals surface area contributed by atoms with E-state index in [1.807, 2.05) is 6.92 Å². The third-order valence-electron chi connectivity index (χ3n) is 2.31. The number of hydrogen-bond acceptors (Lipinski definition) is 5. The predicted molar refractivity (Wildman–Crippen MR) is 64.4 cm³/mol. The Balaban J connectivity index is 2.80. The van der Waals surface area contributed by atoms with Gasteiger partial charge in [0.2, 0.25) is 5.88 Å². The molecule has 0 aromatic carbocycles. The smallest absolute Gasteiger partial charge is 0.267 e. The van der Waals surface area contributed by atoms with E-state index in [2.05, 4.69) is 10.4 Å². The summed E-state index contributed by atoms with van der Waals surface area (Å²) >= 11 is 0. The Hall–Kier alpha value is -1.40. The van der Waals surface area contributed by atoms with Crippen LogP contribution in [0.3, 0.4) is 0 Å². The quantitative estimate of drug-likeness (QED) is 0.720. The van der Waals surface area contributed by atoms with Gasteiger partial charge in [-0.2, -0.15) is 0 Å². The average Bonchev–Trinajstić information content (AvgIpc) is 2.32. The monoisotopic (exact) mass is 241 g/mol. The van der Waals surface area contributed by atoms with Crippen molar-refractivity contribution in [3.63, 3.8) is 0 Å². The van der Waals surface area contributed by atoms with Gasteiger partial charge in [0.05, 0.1) is 26.3 Å². The third kappa shape index (κ3) is 4.16. The molecule has 1 atom stereocenters. The fourth-order valence-electron chi connectivity index (χ4n) is 1.54. The third-order valence-corrected chi connectivity index (χ3v) is 2.31. The van der Waals surface area contributed by atoms with Crippen molar-refractivity contribution in [3.05, 3.63) is 22.5 Å².